The summed E-state index contributed by atoms with van der Waals surface area (Å²) in [5.41, 5.74) is 1.05. The zero-order valence-corrected chi connectivity index (χ0v) is 10.7. The molecule has 1 atom stereocenters. The van der Waals surface area contributed by atoms with Crippen molar-refractivity contribution >= 4 is 33.5 Å². The van der Waals surface area contributed by atoms with Gasteiger partial charge in [0.05, 0.1) is 6.61 Å². The fourth-order valence-electron chi connectivity index (χ4n) is 1.14. The molecule has 0 aromatic heterocycles. The van der Waals surface area contributed by atoms with E-state index in [0.29, 0.717) is 18.1 Å². The maximum Gasteiger partial charge on any atom is 0.320 e. The molecule has 0 spiro atoms. The van der Waals surface area contributed by atoms with Crippen LogP contribution in [0.5, 0.6) is 0 Å². The number of esters is 1. The minimum Gasteiger partial charge on any atom is -0.465 e. The van der Waals surface area contributed by atoms with E-state index in [-0.39, 0.29) is 10.8 Å². The van der Waals surface area contributed by atoms with Gasteiger partial charge in [-0.3, -0.25) is 4.79 Å². The normalized spacial score (nSPS) is 12.2. The molecule has 0 aliphatic carbocycles. The Hall–Kier alpha value is -0.540. The van der Waals surface area contributed by atoms with Crippen molar-refractivity contribution in [2.75, 3.05) is 6.61 Å². The zero-order chi connectivity index (χ0) is 11.3. The van der Waals surface area contributed by atoms with Gasteiger partial charge in [0.25, 0.3) is 0 Å². The number of ether oxygens (including phenoxy) is 1. The molecule has 1 aromatic carbocycles. The van der Waals surface area contributed by atoms with E-state index in [9.17, 15) is 4.79 Å². The van der Waals surface area contributed by atoms with Crippen LogP contribution in [0.2, 0.25) is 5.02 Å². The second-order valence-electron chi connectivity index (χ2n) is 3.05. The highest BCUT2D eigenvalue weighted by atomic mass is 79.9. The number of hydrogen-bond donors (Lipinski definition) is 0. The summed E-state index contributed by atoms with van der Waals surface area (Å²) in [6.45, 7) is 2.20. The van der Waals surface area contributed by atoms with Gasteiger partial charge in [0, 0.05) is 5.02 Å². The predicted octanol–water partition coefficient (Wildman–Crippen LogP) is 3.21. The van der Waals surface area contributed by atoms with Crippen molar-refractivity contribution in [2.45, 2.75) is 18.2 Å². The molecule has 4 heteroatoms. The second kappa shape index (κ2) is 6.13. The molecule has 1 rings (SSSR count). The molecule has 2 nitrogen and oxygen atoms in total. The fourth-order valence-corrected chi connectivity index (χ4v) is 1.78. The van der Waals surface area contributed by atoms with Crippen LogP contribution >= 0.6 is 27.5 Å². The van der Waals surface area contributed by atoms with E-state index in [1.165, 1.54) is 0 Å². The Kier molecular flexibility index (Phi) is 5.12. The number of carbonyl (C=O) groups excluding carboxylic acids is 1. The summed E-state index contributed by atoms with van der Waals surface area (Å²) in [4.78, 5) is 11.0. The first-order valence-electron chi connectivity index (χ1n) is 4.68. The summed E-state index contributed by atoms with van der Waals surface area (Å²) in [6.07, 6.45) is 0.607. The fraction of sp³-hybridized carbons (Fsp3) is 0.364. The first-order valence-corrected chi connectivity index (χ1v) is 5.98. The van der Waals surface area contributed by atoms with Crippen molar-refractivity contribution < 1.29 is 9.53 Å². The number of rotatable bonds is 4. The average molecular weight is 292 g/mol. The molecule has 0 N–H and O–H groups in total. The van der Waals surface area contributed by atoms with Crippen LogP contribution in [0.3, 0.4) is 0 Å². The highest BCUT2D eigenvalue weighted by molar-refractivity contribution is 9.10. The number of halogens is 2. The smallest absolute Gasteiger partial charge is 0.320 e. The number of benzene rings is 1. The molecule has 0 saturated carbocycles. The molecule has 0 radical (unpaired) electrons. The Morgan fingerprint density at radius 1 is 1.47 bits per heavy atom. The predicted molar refractivity (Wildman–Crippen MR) is 64.5 cm³/mol. The summed E-state index contributed by atoms with van der Waals surface area (Å²) in [5.74, 6) is -0.229. The first-order chi connectivity index (χ1) is 7.13. The van der Waals surface area contributed by atoms with Crippen molar-refractivity contribution in [2.24, 2.45) is 0 Å². The van der Waals surface area contributed by atoms with Crippen LogP contribution in [-0.2, 0) is 16.0 Å². The molecular formula is C11H12BrClO2. The third-order valence-electron chi connectivity index (χ3n) is 1.87. The monoisotopic (exact) mass is 290 g/mol. The summed E-state index contributed by atoms with van der Waals surface area (Å²) in [6, 6.07) is 7.41. The first kappa shape index (κ1) is 12.5. The van der Waals surface area contributed by atoms with E-state index >= 15 is 0 Å². The molecule has 0 unspecified atom stereocenters. The van der Waals surface area contributed by atoms with Crippen LogP contribution in [0.25, 0.3) is 0 Å². The molecule has 1 aromatic rings. The minimum absolute atomic E-state index is 0.229. The lowest BCUT2D eigenvalue weighted by Crippen LogP contribution is -2.19. The average Bonchev–Trinajstić information content (AvgIpc) is 2.22. The van der Waals surface area contributed by atoms with Crippen LogP contribution in [0, 0.1) is 0 Å². The van der Waals surface area contributed by atoms with Gasteiger partial charge in [-0.1, -0.05) is 39.7 Å². The molecule has 0 aliphatic heterocycles. The summed E-state index contributed by atoms with van der Waals surface area (Å²) < 4.78 is 4.89. The molecule has 0 amide bonds. The summed E-state index contributed by atoms with van der Waals surface area (Å²) in [7, 11) is 0. The lowest BCUT2D eigenvalue weighted by atomic mass is 10.1. The Morgan fingerprint density at radius 2 is 2.07 bits per heavy atom. The van der Waals surface area contributed by atoms with E-state index < -0.39 is 0 Å². The lowest BCUT2D eigenvalue weighted by molar-refractivity contribution is -0.142. The van der Waals surface area contributed by atoms with Crippen molar-refractivity contribution in [1.29, 1.82) is 0 Å². The van der Waals surface area contributed by atoms with E-state index in [0.717, 1.165) is 5.56 Å². The SMILES string of the molecule is CCOC(=O)[C@H](Br)Cc1ccc(Cl)cc1. The molecule has 15 heavy (non-hydrogen) atoms. The van der Waals surface area contributed by atoms with Gasteiger partial charge in [-0.2, -0.15) is 0 Å². The number of hydrogen-bond acceptors (Lipinski definition) is 2. The van der Waals surface area contributed by atoms with Crippen molar-refractivity contribution in [3.63, 3.8) is 0 Å². The maximum absolute atomic E-state index is 11.3. The van der Waals surface area contributed by atoms with Gasteiger partial charge >= 0.3 is 5.97 Å². The molecule has 82 valence electrons. The molecular weight excluding hydrogens is 279 g/mol. The van der Waals surface area contributed by atoms with Gasteiger partial charge < -0.3 is 4.74 Å². The number of carbonyl (C=O) groups is 1. The van der Waals surface area contributed by atoms with Gasteiger partial charge in [0.1, 0.15) is 4.83 Å². The summed E-state index contributed by atoms with van der Waals surface area (Å²) >= 11 is 9.05. The number of alkyl halides is 1. The minimum atomic E-state index is -0.293. The van der Waals surface area contributed by atoms with Crippen molar-refractivity contribution in [1.82, 2.24) is 0 Å². The standard InChI is InChI=1S/C11H12BrClO2/c1-2-15-11(14)10(12)7-8-3-5-9(13)6-4-8/h3-6,10H,2,7H2,1H3/t10-/m1/s1. The van der Waals surface area contributed by atoms with Gasteiger partial charge in [0.2, 0.25) is 0 Å². The maximum atomic E-state index is 11.3. The van der Waals surface area contributed by atoms with E-state index in [1.807, 2.05) is 24.3 Å². The summed E-state index contributed by atoms with van der Waals surface area (Å²) in [5, 5.41) is 0.695. The third kappa shape index (κ3) is 4.22. The Bertz CT molecular complexity index is 324. The molecule has 0 saturated heterocycles. The van der Waals surface area contributed by atoms with Gasteiger partial charge in [-0.05, 0) is 31.0 Å². The molecule has 0 fully saturated rings. The third-order valence-corrected chi connectivity index (χ3v) is 2.82. The zero-order valence-electron chi connectivity index (χ0n) is 8.37. The Morgan fingerprint density at radius 3 is 2.60 bits per heavy atom. The highest BCUT2D eigenvalue weighted by Crippen LogP contribution is 2.14. The molecule has 0 aliphatic rings. The van der Waals surface area contributed by atoms with Crippen molar-refractivity contribution in [3.8, 4) is 0 Å². The second-order valence-corrected chi connectivity index (χ2v) is 4.59. The van der Waals surface area contributed by atoms with E-state index in [2.05, 4.69) is 15.9 Å². The van der Waals surface area contributed by atoms with Gasteiger partial charge in [-0.25, -0.2) is 0 Å². The highest BCUT2D eigenvalue weighted by Gasteiger charge is 2.16. The Balaban J connectivity index is 2.54. The topological polar surface area (TPSA) is 26.3 Å². The van der Waals surface area contributed by atoms with Crippen LogP contribution in [0.15, 0.2) is 24.3 Å². The lowest BCUT2D eigenvalue weighted by Gasteiger charge is -2.08. The van der Waals surface area contributed by atoms with Gasteiger partial charge in [-0.15, -0.1) is 0 Å². The van der Waals surface area contributed by atoms with Crippen molar-refractivity contribution in [3.05, 3.63) is 34.9 Å². The molecule has 0 heterocycles. The Labute approximate surface area is 103 Å². The van der Waals surface area contributed by atoms with Crippen LogP contribution in [-0.4, -0.2) is 17.4 Å². The van der Waals surface area contributed by atoms with Crippen LogP contribution in [0.4, 0.5) is 0 Å². The van der Waals surface area contributed by atoms with E-state index in [1.54, 1.807) is 6.92 Å². The van der Waals surface area contributed by atoms with Crippen LogP contribution in [0.1, 0.15) is 12.5 Å². The molecule has 0 bridgehead atoms. The quantitative estimate of drug-likeness (QED) is 0.629. The largest absolute Gasteiger partial charge is 0.465 e. The van der Waals surface area contributed by atoms with Gasteiger partial charge in [0.15, 0.2) is 0 Å². The van der Waals surface area contributed by atoms with Crippen LogP contribution < -0.4 is 0 Å². The van der Waals surface area contributed by atoms with E-state index in [4.69, 9.17) is 16.3 Å².